The molecule has 0 fully saturated rings. The van der Waals surface area contributed by atoms with Crippen LogP contribution in [0.1, 0.15) is 15.9 Å². The number of carboxylic acid groups (broad SMARTS) is 1. The smallest absolute Gasteiger partial charge is 0.338 e. The van der Waals surface area contributed by atoms with Crippen molar-refractivity contribution in [3.63, 3.8) is 0 Å². The molecule has 6 nitrogen and oxygen atoms in total. The molecule has 0 aliphatic rings. The Hall–Kier alpha value is -3.29. The number of aromatic amines is 1. The summed E-state index contributed by atoms with van der Waals surface area (Å²) in [4.78, 5) is 36.9. The monoisotopic (exact) mass is 332 g/mol. The van der Waals surface area contributed by atoms with Gasteiger partial charge in [-0.3, -0.25) is 14.3 Å². The third-order valence-corrected chi connectivity index (χ3v) is 3.56. The van der Waals surface area contributed by atoms with Gasteiger partial charge in [-0.1, -0.05) is 6.07 Å². The Balaban J connectivity index is 2.19. The first-order valence-electron chi connectivity index (χ1n) is 6.81. The van der Waals surface area contributed by atoms with Gasteiger partial charge in [-0.25, -0.2) is 18.4 Å². The Morgan fingerprint density at radius 2 is 1.88 bits per heavy atom. The van der Waals surface area contributed by atoms with E-state index in [4.69, 9.17) is 5.11 Å². The van der Waals surface area contributed by atoms with Gasteiger partial charge in [-0.05, 0) is 35.9 Å². The molecule has 1 aromatic heterocycles. The molecule has 8 heteroatoms. The normalized spacial score (nSPS) is 10.9. The Morgan fingerprint density at radius 1 is 1.12 bits per heavy atom. The third-order valence-electron chi connectivity index (χ3n) is 3.56. The van der Waals surface area contributed by atoms with E-state index in [1.807, 2.05) is 0 Å². The van der Waals surface area contributed by atoms with E-state index in [-0.39, 0.29) is 17.4 Å². The summed E-state index contributed by atoms with van der Waals surface area (Å²) in [6.07, 6.45) is 0. The molecule has 2 aromatic carbocycles. The van der Waals surface area contributed by atoms with Gasteiger partial charge in [0.05, 0.1) is 23.0 Å². The van der Waals surface area contributed by atoms with Crippen LogP contribution in [0.15, 0.2) is 46.0 Å². The molecule has 0 aliphatic carbocycles. The van der Waals surface area contributed by atoms with E-state index >= 15 is 0 Å². The van der Waals surface area contributed by atoms with Gasteiger partial charge < -0.3 is 5.11 Å². The molecule has 2 N–H and O–H groups in total. The molecule has 0 aliphatic heterocycles. The van der Waals surface area contributed by atoms with Crippen LogP contribution in [0.5, 0.6) is 0 Å². The van der Waals surface area contributed by atoms with Gasteiger partial charge >= 0.3 is 11.7 Å². The molecule has 0 spiro atoms. The highest BCUT2D eigenvalue weighted by molar-refractivity contribution is 5.88. The first kappa shape index (κ1) is 15.6. The van der Waals surface area contributed by atoms with E-state index in [9.17, 15) is 23.2 Å². The second kappa shape index (κ2) is 5.73. The first-order chi connectivity index (χ1) is 11.4. The van der Waals surface area contributed by atoms with Gasteiger partial charge in [0.25, 0.3) is 5.56 Å². The van der Waals surface area contributed by atoms with Crippen LogP contribution in [0.4, 0.5) is 8.78 Å². The van der Waals surface area contributed by atoms with Crippen LogP contribution in [-0.2, 0) is 6.54 Å². The number of rotatable bonds is 3. The number of fused-ring (bicyclic) bond motifs is 1. The molecule has 0 unspecified atom stereocenters. The highest BCUT2D eigenvalue weighted by Gasteiger charge is 2.13. The summed E-state index contributed by atoms with van der Waals surface area (Å²) in [7, 11) is 0. The van der Waals surface area contributed by atoms with Crippen molar-refractivity contribution in [1.82, 2.24) is 9.55 Å². The average Bonchev–Trinajstić information content (AvgIpc) is 2.52. The van der Waals surface area contributed by atoms with Crippen molar-refractivity contribution >= 4 is 16.9 Å². The lowest BCUT2D eigenvalue weighted by Crippen LogP contribution is -2.30. The van der Waals surface area contributed by atoms with Gasteiger partial charge in [-0.15, -0.1) is 0 Å². The number of benzene rings is 2. The van der Waals surface area contributed by atoms with Gasteiger partial charge in [0.15, 0.2) is 0 Å². The van der Waals surface area contributed by atoms with Crippen molar-refractivity contribution in [1.29, 1.82) is 0 Å². The highest BCUT2D eigenvalue weighted by atomic mass is 19.1. The van der Waals surface area contributed by atoms with Crippen molar-refractivity contribution in [2.45, 2.75) is 6.54 Å². The lowest BCUT2D eigenvalue weighted by Gasteiger charge is -2.10. The zero-order chi connectivity index (χ0) is 17.4. The van der Waals surface area contributed by atoms with Gasteiger partial charge in [0.1, 0.15) is 11.6 Å². The van der Waals surface area contributed by atoms with Crippen molar-refractivity contribution in [2.75, 3.05) is 0 Å². The van der Waals surface area contributed by atoms with Crippen LogP contribution in [0, 0.1) is 11.6 Å². The standard InChI is InChI=1S/C16H10F2N2O4/c17-9-2-3-10-13(6-9)20(16(24)19-14(10)21)7-8-1-4-12(18)11(5-8)15(22)23/h1-6H,7H2,(H,22,23)(H,19,21,24). The Bertz CT molecular complexity index is 1090. The predicted molar refractivity (Wildman–Crippen MR) is 81.2 cm³/mol. The van der Waals surface area contributed by atoms with Crippen LogP contribution >= 0.6 is 0 Å². The van der Waals surface area contributed by atoms with Gasteiger partial charge in [-0.2, -0.15) is 0 Å². The molecule has 0 saturated carbocycles. The Kier molecular flexibility index (Phi) is 3.72. The van der Waals surface area contributed by atoms with Crippen molar-refractivity contribution in [3.8, 4) is 0 Å². The summed E-state index contributed by atoms with van der Waals surface area (Å²) in [5.41, 5.74) is -1.60. The van der Waals surface area contributed by atoms with Crippen molar-refractivity contribution in [2.24, 2.45) is 0 Å². The summed E-state index contributed by atoms with van der Waals surface area (Å²) in [5, 5.41) is 9.06. The highest BCUT2D eigenvalue weighted by Crippen LogP contribution is 2.15. The van der Waals surface area contributed by atoms with E-state index in [1.54, 1.807) is 0 Å². The summed E-state index contributed by atoms with van der Waals surface area (Å²) >= 11 is 0. The number of halogens is 2. The van der Waals surface area contributed by atoms with E-state index in [0.717, 1.165) is 28.8 Å². The number of aromatic nitrogens is 2. The Labute approximate surface area is 132 Å². The van der Waals surface area contributed by atoms with E-state index in [1.165, 1.54) is 12.1 Å². The second-order valence-electron chi connectivity index (χ2n) is 5.13. The Morgan fingerprint density at radius 3 is 2.58 bits per heavy atom. The van der Waals surface area contributed by atoms with E-state index < -0.39 is 34.4 Å². The molecule has 24 heavy (non-hydrogen) atoms. The lowest BCUT2D eigenvalue weighted by molar-refractivity contribution is 0.0691. The van der Waals surface area contributed by atoms with Crippen LogP contribution in [0.2, 0.25) is 0 Å². The summed E-state index contributed by atoms with van der Waals surface area (Å²) < 4.78 is 28.0. The fourth-order valence-corrected chi connectivity index (χ4v) is 2.44. The van der Waals surface area contributed by atoms with E-state index in [2.05, 4.69) is 4.98 Å². The maximum atomic E-state index is 13.5. The number of carbonyl (C=O) groups is 1. The van der Waals surface area contributed by atoms with Gasteiger partial charge in [0, 0.05) is 0 Å². The second-order valence-corrected chi connectivity index (χ2v) is 5.13. The maximum Gasteiger partial charge on any atom is 0.338 e. The lowest BCUT2D eigenvalue weighted by atomic mass is 10.1. The maximum absolute atomic E-state index is 13.5. The molecule has 122 valence electrons. The zero-order valence-electron chi connectivity index (χ0n) is 12.0. The quantitative estimate of drug-likeness (QED) is 0.764. The molecule has 0 atom stereocenters. The van der Waals surface area contributed by atoms with Crippen LogP contribution < -0.4 is 11.2 Å². The molecular weight excluding hydrogens is 322 g/mol. The number of nitrogens with zero attached hydrogens (tertiary/aromatic N) is 1. The average molecular weight is 332 g/mol. The van der Waals surface area contributed by atoms with Crippen LogP contribution in [0.25, 0.3) is 10.9 Å². The number of aromatic carboxylic acids is 1. The van der Waals surface area contributed by atoms with Crippen LogP contribution in [0.3, 0.4) is 0 Å². The summed E-state index contributed by atoms with van der Waals surface area (Å²) in [6.45, 7) is -0.157. The first-order valence-corrected chi connectivity index (χ1v) is 6.81. The molecule has 0 saturated heterocycles. The molecule has 3 rings (SSSR count). The third kappa shape index (κ3) is 2.69. The molecule has 0 bridgehead atoms. The van der Waals surface area contributed by atoms with Crippen molar-refractivity contribution in [3.05, 3.63) is 80.0 Å². The molecule has 0 radical (unpaired) electrons. The minimum atomic E-state index is -1.45. The number of hydrogen-bond donors (Lipinski definition) is 2. The number of nitrogens with one attached hydrogen (secondary N) is 1. The zero-order valence-corrected chi connectivity index (χ0v) is 12.0. The largest absolute Gasteiger partial charge is 0.478 e. The minimum Gasteiger partial charge on any atom is -0.478 e. The minimum absolute atomic E-state index is 0.0601. The molecule has 1 heterocycles. The van der Waals surface area contributed by atoms with Crippen LogP contribution in [-0.4, -0.2) is 20.6 Å². The number of hydrogen-bond acceptors (Lipinski definition) is 3. The SMILES string of the molecule is O=C(O)c1cc(Cn2c(=O)[nH]c(=O)c3ccc(F)cc32)ccc1F. The fraction of sp³-hybridized carbons (Fsp3) is 0.0625. The van der Waals surface area contributed by atoms with Gasteiger partial charge in [0.2, 0.25) is 0 Å². The topological polar surface area (TPSA) is 92.2 Å². The number of carboxylic acids is 1. The number of H-pyrrole nitrogens is 1. The molecular formula is C16H10F2N2O4. The molecule has 3 aromatic rings. The fourth-order valence-electron chi connectivity index (χ4n) is 2.44. The van der Waals surface area contributed by atoms with E-state index in [0.29, 0.717) is 5.56 Å². The summed E-state index contributed by atoms with van der Waals surface area (Å²) in [5.74, 6) is -2.98. The summed E-state index contributed by atoms with van der Waals surface area (Å²) in [6, 6.07) is 6.73. The molecule has 0 amide bonds. The van der Waals surface area contributed by atoms with Crippen molar-refractivity contribution < 1.29 is 18.7 Å². The predicted octanol–water partition coefficient (Wildman–Crippen LogP) is 1.71.